The Hall–Kier alpha value is -1.16. The van der Waals surface area contributed by atoms with Gasteiger partial charge in [0.25, 0.3) is 0 Å². The third-order valence-corrected chi connectivity index (χ3v) is 3.14. The Morgan fingerprint density at radius 2 is 2.17 bits per heavy atom. The van der Waals surface area contributed by atoms with E-state index in [0.29, 0.717) is 18.7 Å². The third-order valence-electron chi connectivity index (χ3n) is 3.14. The quantitative estimate of drug-likeness (QED) is 0.878. The number of pyridine rings is 1. The Bertz CT molecular complexity index is 386. The van der Waals surface area contributed by atoms with Crippen LogP contribution in [0.1, 0.15) is 32.9 Å². The zero-order valence-corrected chi connectivity index (χ0v) is 11.2. The summed E-state index contributed by atoms with van der Waals surface area (Å²) in [6, 6.07) is 3.83. The maximum atomic E-state index is 13.6. The second-order valence-corrected chi connectivity index (χ2v) is 5.79. The van der Waals surface area contributed by atoms with E-state index in [4.69, 9.17) is 4.74 Å². The van der Waals surface area contributed by atoms with Crippen molar-refractivity contribution in [3.8, 4) is 5.75 Å². The number of nitrogens with zero attached hydrogens (tertiary/aromatic N) is 1. The molecule has 0 amide bonds. The second kappa shape index (κ2) is 5.22. The highest BCUT2D eigenvalue weighted by Crippen LogP contribution is 2.23. The van der Waals surface area contributed by atoms with Gasteiger partial charge in [0.05, 0.1) is 6.20 Å². The van der Waals surface area contributed by atoms with Crippen LogP contribution in [0.15, 0.2) is 18.3 Å². The molecule has 1 aromatic rings. The van der Waals surface area contributed by atoms with E-state index in [2.05, 4.69) is 31.1 Å². The van der Waals surface area contributed by atoms with E-state index in [1.54, 1.807) is 6.20 Å². The highest BCUT2D eigenvalue weighted by atomic mass is 19.1. The van der Waals surface area contributed by atoms with Crippen LogP contribution in [0.4, 0.5) is 4.39 Å². The van der Waals surface area contributed by atoms with E-state index < -0.39 is 6.17 Å². The minimum Gasteiger partial charge on any atom is -0.486 e. The molecule has 1 aliphatic heterocycles. The summed E-state index contributed by atoms with van der Waals surface area (Å²) in [6.45, 7) is 7.51. The van der Waals surface area contributed by atoms with Gasteiger partial charge in [0.15, 0.2) is 0 Å². The van der Waals surface area contributed by atoms with Crippen LogP contribution in [0, 0.1) is 0 Å². The van der Waals surface area contributed by atoms with Gasteiger partial charge in [0, 0.05) is 17.7 Å². The number of rotatable bonds is 2. The number of piperidine rings is 1. The van der Waals surface area contributed by atoms with Crippen molar-refractivity contribution < 1.29 is 9.13 Å². The average Bonchev–Trinajstić information content (AvgIpc) is 2.32. The summed E-state index contributed by atoms with van der Waals surface area (Å²) in [6.07, 6.45) is 1.09. The molecule has 18 heavy (non-hydrogen) atoms. The molecule has 2 atom stereocenters. The molecule has 4 heteroatoms. The lowest BCUT2D eigenvalue weighted by Gasteiger charge is -2.27. The summed E-state index contributed by atoms with van der Waals surface area (Å²) in [5.74, 6) is 0.651. The largest absolute Gasteiger partial charge is 0.486 e. The Morgan fingerprint density at radius 1 is 1.39 bits per heavy atom. The fourth-order valence-corrected chi connectivity index (χ4v) is 2.00. The Morgan fingerprint density at radius 3 is 2.72 bits per heavy atom. The highest BCUT2D eigenvalue weighted by molar-refractivity contribution is 5.23. The van der Waals surface area contributed by atoms with Crippen molar-refractivity contribution >= 4 is 0 Å². The van der Waals surface area contributed by atoms with Crippen molar-refractivity contribution in [1.82, 2.24) is 10.3 Å². The topological polar surface area (TPSA) is 34.1 Å². The van der Waals surface area contributed by atoms with Crippen LogP contribution >= 0.6 is 0 Å². The first-order valence-corrected chi connectivity index (χ1v) is 6.45. The zero-order chi connectivity index (χ0) is 13.2. The third kappa shape index (κ3) is 3.19. The lowest BCUT2D eigenvalue weighted by Crippen LogP contribution is -2.44. The molecule has 3 nitrogen and oxygen atoms in total. The SMILES string of the molecule is CC(C)(C)c1ccc(O[C@H]2CCNC[C@@H]2F)cn1. The molecular weight excluding hydrogens is 231 g/mol. The standard InChI is InChI=1S/C14H21FN2O/c1-14(2,3)13-5-4-10(8-17-13)18-12-6-7-16-9-11(12)15/h4-5,8,11-12,16H,6-7,9H2,1-3H3/t11-,12-/m0/s1. The van der Waals surface area contributed by atoms with E-state index in [0.717, 1.165) is 12.2 Å². The van der Waals surface area contributed by atoms with Gasteiger partial charge >= 0.3 is 0 Å². The second-order valence-electron chi connectivity index (χ2n) is 5.79. The number of ether oxygens (including phenoxy) is 1. The lowest BCUT2D eigenvalue weighted by molar-refractivity contribution is 0.0728. The van der Waals surface area contributed by atoms with E-state index in [9.17, 15) is 4.39 Å². The predicted molar refractivity (Wildman–Crippen MR) is 69.7 cm³/mol. The molecule has 0 bridgehead atoms. The average molecular weight is 252 g/mol. The molecule has 0 spiro atoms. The first-order valence-electron chi connectivity index (χ1n) is 6.45. The van der Waals surface area contributed by atoms with E-state index in [1.807, 2.05) is 12.1 Å². The fourth-order valence-electron chi connectivity index (χ4n) is 2.00. The summed E-state index contributed by atoms with van der Waals surface area (Å²) < 4.78 is 19.3. The molecule has 1 fully saturated rings. The van der Waals surface area contributed by atoms with E-state index in [-0.39, 0.29) is 11.5 Å². The molecule has 2 rings (SSSR count). The summed E-state index contributed by atoms with van der Waals surface area (Å²) >= 11 is 0. The molecule has 0 aromatic carbocycles. The van der Waals surface area contributed by atoms with Crippen molar-refractivity contribution in [2.75, 3.05) is 13.1 Å². The van der Waals surface area contributed by atoms with Crippen molar-refractivity contribution in [2.24, 2.45) is 0 Å². The smallest absolute Gasteiger partial charge is 0.149 e. The number of alkyl halides is 1. The van der Waals surface area contributed by atoms with Gasteiger partial charge in [0.1, 0.15) is 18.0 Å². The molecule has 1 saturated heterocycles. The minimum atomic E-state index is -0.943. The van der Waals surface area contributed by atoms with Crippen molar-refractivity contribution in [3.05, 3.63) is 24.0 Å². The van der Waals surface area contributed by atoms with Crippen LogP contribution in [0.3, 0.4) is 0 Å². The van der Waals surface area contributed by atoms with Crippen LogP contribution in [0.2, 0.25) is 0 Å². The Kier molecular flexibility index (Phi) is 3.85. The molecule has 0 aliphatic carbocycles. The number of halogens is 1. The summed E-state index contributed by atoms with van der Waals surface area (Å²) in [5.41, 5.74) is 1.03. The van der Waals surface area contributed by atoms with Crippen LogP contribution in [0.5, 0.6) is 5.75 Å². The van der Waals surface area contributed by atoms with Crippen molar-refractivity contribution in [1.29, 1.82) is 0 Å². The number of aromatic nitrogens is 1. The van der Waals surface area contributed by atoms with Crippen LogP contribution in [-0.2, 0) is 5.41 Å². The first kappa shape index (κ1) is 13.3. The maximum Gasteiger partial charge on any atom is 0.149 e. The van der Waals surface area contributed by atoms with Crippen molar-refractivity contribution in [2.45, 2.75) is 44.9 Å². The number of hydrogen-bond acceptors (Lipinski definition) is 3. The molecule has 2 heterocycles. The molecule has 0 unspecified atom stereocenters. The van der Waals surface area contributed by atoms with E-state index >= 15 is 0 Å². The number of nitrogens with one attached hydrogen (secondary N) is 1. The van der Waals surface area contributed by atoms with Crippen LogP contribution < -0.4 is 10.1 Å². The highest BCUT2D eigenvalue weighted by Gasteiger charge is 2.26. The van der Waals surface area contributed by atoms with Gasteiger partial charge in [-0.15, -0.1) is 0 Å². The number of hydrogen-bond donors (Lipinski definition) is 1. The predicted octanol–water partition coefficient (Wildman–Crippen LogP) is 2.46. The van der Waals surface area contributed by atoms with Gasteiger partial charge < -0.3 is 10.1 Å². The van der Waals surface area contributed by atoms with Gasteiger partial charge in [-0.25, -0.2) is 4.39 Å². The van der Waals surface area contributed by atoms with Gasteiger partial charge in [-0.05, 0) is 25.1 Å². The van der Waals surface area contributed by atoms with Crippen LogP contribution in [-0.4, -0.2) is 30.3 Å². The molecule has 100 valence electrons. The van der Waals surface area contributed by atoms with Crippen LogP contribution in [0.25, 0.3) is 0 Å². The van der Waals surface area contributed by atoms with Gasteiger partial charge in [-0.1, -0.05) is 20.8 Å². The van der Waals surface area contributed by atoms with Gasteiger partial charge in [0.2, 0.25) is 0 Å². The minimum absolute atomic E-state index is 0.0237. The molecule has 0 radical (unpaired) electrons. The molecule has 1 N–H and O–H groups in total. The fraction of sp³-hybridized carbons (Fsp3) is 0.643. The lowest BCUT2D eigenvalue weighted by atomic mass is 9.92. The monoisotopic (exact) mass is 252 g/mol. The molecule has 1 aliphatic rings. The van der Waals surface area contributed by atoms with E-state index in [1.165, 1.54) is 0 Å². The molecule has 0 saturated carbocycles. The summed E-state index contributed by atoms with van der Waals surface area (Å²) in [7, 11) is 0. The maximum absolute atomic E-state index is 13.6. The van der Waals surface area contributed by atoms with Crippen molar-refractivity contribution in [3.63, 3.8) is 0 Å². The Balaban J connectivity index is 2.02. The first-order chi connectivity index (χ1) is 8.47. The zero-order valence-electron chi connectivity index (χ0n) is 11.2. The van der Waals surface area contributed by atoms with Gasteiger partial charge in [-0.3, -0.25) is 4.98 Å². The summed E-state index contributed by atoms with van der Waals surface area (Å²) in [4.78, 5) is 4.38. The Labute approximate surface area is 108 Å². The van der Waals surface area contributed by atoms with Gasteiger partial charge in [-0.2, -0.15) is 0 Å². The molecular formula is C14H21FN2O. The summed E-state index contributed by atoms with van der Waals surface area (Å²) in [5, 5.41) is 3.01. The normalized spacial score (nSPS) is 24.9. The molecule has 1 aromatic heterocycles.